The lowest BCUT2D eigenvalue weighted by Gasteiger charge is -2.37. The average molecular weight is 405 g/mol. The number of aryl methyl sites for hydroxylation is 1. The van der Waals surface area contributed by atoms with E-state index in [0.717, 1.165) is 36.2 Å². The molecule has 1 N–H and O–H groups in total. The highest BCUT2D eigenvalue weighted by Crippen LogP contribution is 2.31. The number of benzene rings is 1. The maximum Gasteiger partial charge on any atom is 0.416 e. The molecule has 0 bridgehead atoms. The van der Waals surface area contributed by atoms with Gasteiger partial charge in [0.1, 0.15) is 0 Å². The molecule has 8 heteroatoms. The predicted molar refractivity (Wildman–Crippen MR) is 109 cm³/mol. The molecule has 0 atom stereocenters. The molecular formula is C21H26F3N5. The smallest absolute Gasteiger partial charge is 0.368 e. The summed E-state index contributed by atoms with van der Waals surface area (Å²) in [7, 11) is 1.74. The molecule has 1 aliphatic heterocycles. The second-order valence-corrected chi connectivity index (χ2v) is 7.05. The van der Waals surface area contributed by atoms with Gasteiger partial charge in [-0.25, -0.2) is 0 Å². The van der Waals surface area contributed by atoms with Crippen molar-refractivity contribution in [1.29, 1.82) is 0 Å². The lowest BCUT2D eigenvalue weighted by atomic mass is 10.1. The van der Waals surface area contributed by atoms with Gasteiger partial charge < -0.3 is 15.1 Å². The number of piperazine rings is 1. The third-order valence-corrected chi connectivity index (χ3v) is 5.00. The standard InChI is InChI=1S/C21H26F3N5/c1-16-6-7-17(15-27-16)8-9-26-20(25-2)29-12-10-28(11-13-29)19-5-3-4-18(14-19)21(22,23)24/h3-7,14-15H,8-13H2,1-2H3,(H,25,26). The molecule has 0 unspecified atom stereocenters. The van der Waals surface area contributed by atoms with Gasteiger partial charge in [0.15, 0.2) is 5.96 Å². The first-order valence-corrected chi connectivity index (χ1v) is 9.66. The normalized spacial score (nSPS) is 15.6. The lowest BCUT2D eigenvalue weighted by Crippen LogP contribution is -2.52. The fraction of sp³-hybridized carbons (Fsp3) is 0.429. The molecule has 0 aliphatic carbocycles. The van der Waals surface area contributed by atoms with Crippen molar-refractivity contribution in [2.45, 2.75) is 19.5 Å². The van der Waals surface area contributed by atoms with Crippen molar-refractivity contribution >= 4 is 11.6 Å². The fourth-order valence-corrected chi connectivity index (χ4v) is 3.35. The number of aliphatic imine (C=N–C) groups is 1. The number of anilines is 1. The minimum atomic E-state index is -4.32. The van der Waals surface area contributed by atoms with E-state index < -0.39 is 11.7 Å². The molecule has 5 nitrogen and oxygen atoms in total. The molecule has 0 amide bonds. The van der Waals surface area contributed by atoms with E-state index in [4.69, 9.17) is 0 Å². The molecule has 0 spiro atoms. The molecular weight excluding hydrogens is 379 g/mol. The van der Waals surface area contributed by atoms with Gasteiger partial charge in [-0.2, -0.15) is 13.2 Å². The van der Waals surface area contributed by atoms with Crippen molar-refractivity contribution in [3.05, 3.63) is 59.4 Å². The number of hydrogen-bond donors (Lipinski definition) is 1. The van der Waals surface area contributed by atoms with Gasteiger partial charge >= 0.3 is 6.18 Å². The Kier molecular flexibility index (Phi) is 6.61. The monoisotopic (exact) mass is 405 g/mol. The fourth-order valence-electron chi connectivity index (χ4n) is 3.35. The Labute approximate surface area is 169 Å². The Morgan fingerprint density at radius 2 is 1.90 bits per heavy atom. The van der Waals surface area contributed by atoms with E-state index in [1.165, 1.54) is 12.1 Å². The maximum absolute atomic E-state index is 13.0. The first kappa shape index (κ1) is 21.0. The van der Waals surface area contributed by atoms with Gasteiger partial charge in [-0.05, 0) is 43.2 Å². The topological polar surface area (TPSA) is 43.8 Å². The van der Waals surface area contributed by atoms with Crippen molar-refractivity contribution in [2.24, 2.45) is 4.99 Å². The lowest BCUT2D eigenvalue weighted by molar-refractivity contribution is -0.137. The Morgan fingerprint density at radius 1 is 1.14 bits per heavy atom. The molecule has 1 aromatic carbocycles. The first-order valence-electron chi connectivity index (χ1n) is 9.66. The molecule has 156 valence electrons. The van der Waals surface area contributed by atoms with Crippen LogP contribution in [0.15, 0.2) is 47.6 Å². The summed E-state index contributed by atoms with van der Waals surface area (Å²) in [5.74, 6) is 0.814. The number of nitrogens with zero attached hydrogens (tertiary/aromatic N) is 4. The number of pyridine rings is 1. The van der Waals surface area contributed by atoms with Crippen LogP contribution >= 0.6 is 0 Å². The van der Waals surface area contributed by atoms with Crippen LogP contribution in [-0.2, 0) is 12.6 Å². The average Bonchev–Trinajstić information content (AvgIpc) is 2.72. The maximum atomic E-state index is 13.0. The van der Waals surface area contributed by atoms with Gasteiger partial charge in [0.2, 0.25) is 0 Å². The molecule has 0 saturated carbocycles. The van der Waals surface area contributed by atoms with Gasteiger partial charge in [-0.1, -0.05) is 12.1 Å². The SMILES string of the molecule is CN=C(NCCc1ccc(C)nc1)N1CCN(c2cccc(C(F)(F)F)c2)CC1. The zero-order valence-corrected chi connectivity index (χ0v) is 16.7. The van der Waals surface area contributed by atoms with Gasteiger partial charge in [0.05, 0.1) is 5.56 Å². The molecule has 1 aliphatic rings. The summed E-state index contributed by atoms with van der Waals surface area (Å²) >= 11 is 0. The van der Waals surface area contributed by atoms with E-state index in [1.54, 1.807) is 13.1 Å². The van der Waals surface area contributed by atoms with Gasteiger partial charge in [-0.3, -0.25) is 9.98 Å². The summed E-state index contributed by atoms with van der Waals surface area (Å²) in [6.07, 6.45) is -1.60. The van der Waals surface area contributed by atoms with E-state index >= 15 is 0 Å². The quantitative estimate of drug-likeness (QED) is 0.626. The van der Waals surface area contributed by atoms with Crippen LogP contribution in [0.3, 0.4) is 0 Å². The molecule has 2 aromatic rings. The molecule has 29 heavy (non-hydrogen) atoms. The largest absolute Gasteiger partial charge is 0.416 e. The Hall–Kier alpha value is -2.77. The van der Waals surface area contributed by atoms with Crippen molar-refractivity contribution in [2.75, 3.05) is 44.7 Å². The summed E-state index contributed by atoms with van der Waals surface area (Å²) in [6, 6.07) is 9.59. The first-order chi connectivity index (χ1) is 13.9. The van der Waals surface area contributed by atoms with Crippen LogP contribution < -0.4 is 10.2 Å². The highest BCUT2D eigenvalue weighted by atomic mass is 19.4. The zero-order valence-electron chi connectivity index (χ0n) is 16.7. The third-order valence-electron chi connectivity index (χ3n) is 5.00. The number of rotatable bonds is 4. The van der Waals surface area contributed by atoms with E-state index in [9.17, 15) is 13.2 Å². The van der Waals surface area contributed by atoms with Crippen LogP contribution in [0.5, 0.6) is 0 Å². The van der Waals surface area contributed by atoms with E-state index in [0.29, 0.717) is 31.9 Å². The van der Waals surface area contributed by atoms with Crippen LogP contribution in [0, 0.1) is 6.92 Å². The molecule has 0 radical (unpaired) electrons. The highest BCUT2D eigenvalue weighted by Gasteiger charge is 2.31. The zero-order chi connectivity index (χ0) is 20.9. The van der Waals surface area contributed by atoms with Crippen LogP contribution in [0.1, 0.15) is 16.8 Å². The van der Waals surface area contributed by atoms with Crippen LogP contribution in [0.25, 0.3) is 0 Å². The van der Waals surface area contributed by atoms with Crippen LogP contribution in [0.2, 0.25) is 0 Å². The number of nitrogens with one attached hydrogen (secondary N) is 1. The van der Waals surface area contributed by atoms with Crippen molar-refractivity contribution in [3.8, 4) is 0 Å². The Morgan fingerprint density at radius 3 is 2.52 bits per heavy atom. The van der Waals surface area contributed by atoms with E-state index in [2.05, 4.69) is 26.3 Å². The third kappa shape index (κ3) is 5.62. The highest BCUT2D eigenvalue weighted by molar-refractivity contribution is 5.80. The molecule has 1 fully saturated rings. The predicted octanol–water partition coefficient (Wildman–Crippen LogP) is 3.35. The minimum Gasteiger partial charge on any atom is -0.368 e. The van der Waals surface area contributed by atoms with Gasteiger partial charge in [-0.15, -0.1) is 0 Å². The summed E-state index contributed by atoms with van der Waals surface area (Å²) in [5.41, 5.74) is 2.15. The van der Waals surface area contributed by atoms with Crippen molar-refractivity contribution in [3.63, 3.8) is 0 Å². The van der Waals surface area contributed by atoms with Gasteiger partial charge in [0.25, 0.3) is 0 Å². The number of aromatic nitrogens is 1. The number of halogens is 3. The molecule has 1 saturated heterocycles. The van der Waals surface area contributed by atoms with Crippen molar-refractivity contribution in [1.82, 2.24) is 15.2 Å². The number of hydrogen-bond acceptors (Lipinski definition) is 3. The van der Waals surface area contributed by atoms with Crippen LogP contribution in [0.4, 0.5) is 18.9 Å². The summed E-state index contributed by atoms with van der Waals surface area (Å²) in [6.45, 7) is 5.38. The number of guanidine groups is 1. The number of alkyl halides is 3. The minimum absolute atomic E-state index is 0.606. The molecule has 1 aromatic heterocycles. The van der Waals surface area contributed by atoms with Crippen molar-refractivity contribution < 1.29 is 13.2 Å². The van der Waals surface area contributed by atoms with Crippen LogP contribution in [-0.4, -0.2) is 55.6 Å². The Balaban J connectivity index is 1.51. The second kappa shape index (κ2) is 9.15. The summed E-state index contributed by atoms with van der Waals surface area (Å²) in [5, 5.41) is 3.37. The van der Waals surface area contributed by atoms with E-state index in [-0.39, 0.29) is 0 Å². The molecule has 2 heterocycles. The Bertz CT molecular complexity index is 825. The van der Waals surface area contributed by atoms with E-state index in [1.807, 2.05) is 24.1 Å². The van der Waals surface area contributed by atoms with Gasteiger partial charge in [0, 0.05) is 57.3 Å². The summed E-state index contributed by atoms with van der Waals surface area (Å²) in [4.78, 5) is 12.8. The summed E-state index contributed by atoms with van der Waals surface area (Å²) < 4.78 is 38.9. The molecule has 3 rings (SSSR count). The second-order valence-electron chi connectivity index (χ2n) is 7.05.